The second-order valence-corrected chi connectivity index (χ2v) is 11.8. The summed E-state index contributed by atoms with van der Waals surface area (Å²) in [7, 11) is 0. The number of Topliss-reactive ketones (excluding diaryl/α,β-unsaturated/α-hetero) is 1. The van der Waals surface area contributed by atoms with Crippen LogP contribution in [0.3, 0.4) is 0 Å². The first-order valence-electron chi connectivity index (χ1n) is 17.5. The Labute approximate surface area is 240 Å². The number of ether oxygens (including phenoxy) is 2. The fourth-order valence-electron chi connectivity index (χ4n) is 5.15. The summed E-state index contributed by atoms with van der Waals surface area (Å²) in [4.78, 5) is 12.0. The van der Waals surface area contributed by atoms with E-state index in [9.17, 15) is 4.79 Å². The lowest BCUT2D eigenvalue weighted by atomic mass is 10.0. The van der Waals surface area contributed by atoms with Crippen molar-refractivity contribution in [2.24, 2.45) is 0 Å². The third kappa shape index (κ3) is 30.1. The minimum Gasteiger partial charge on any atom is -0.353 e. The Balaban J connectivity index is 3.94. The van der Waals surface area contributed by atoms with Gasteiger partial charge in [0, 0.05) is 26.1 Å². The predicted molar refractivity (Wildman–Crippen MR) is 167 cm³/mol. The minimum atomic E-state index is -0.0196. The van der Waals surface area contributed by atoms with Gasteiger partial charge in [-0.2, -0.15) is 0 Å². The third-order valence-electron chi connectivity index (χ3n) is 7.81. The van der Waals surface area contributed by atoms with E-state index < -0.39 is 0 Å². The molecule has 0 amide bonds. The summed E-state index contributed by atoms with van der Waals surface area (Å²) in [6.07, 6.45) is 34.6. The van der Waals surface area contributed by atoms with Gasteiger partial charge in [-0.25, -0.2) is 0 Å². The molecule has 0 unspecified atom stereocenters. The van der Waals surface area contributed by atoms with Gasteiger partial charge in [-0.15, -0.1) is 0 Å². The Morgan fingerprint density at radius 2 is 0.737 bits per heavy atom. The van der Waals surface area contributed by atoms with Gasteiger partial charge in [-0.05, 0) is 38.5 Å². The second-order valence-electron chi connectivity index (χ2n) is 11.8. The van der Waals surface area contributed by atoms with Gasteiger partial charge in [0.15, 0.2) is 6.29 Å². The maximum absolute atomic E-state index is 12.0. The van der Waals surface area contributed by atoms with Crippen molar-refractivity contribution in [1.29, 1.82) is 0 Å². The molecule has 0 aliphatic carbocycles. The number of carbonyl (C=O) groups excluding carboxylic acids is 1. The normalized spacial score (nSPS) is 11.6. The van der Waals surface area contributed by atoms with Crippen molar-refractivity contribution in [3.63, 3.8) is 0 Å². The Bertz CT molecular complexity index is 428. The molecule has 38 heavy (non-hydrogen) atoms. The molecule has 0 atom stereocenters. The SMILES string of the molecule is CCCCCCCCCCOC(CCCCCCCC(=O)CCCCCC)OCCCCCCCCCC. The van der Waals surface area contributed by atoms with Crippen molar-refractivity contribution in [3.8, 4) is 0 Å². The van der Waals surface area contributed by atoms with Crippen LogP contribution in [-0.2, 0) is 14.3 Å². The molecular formula is C35H70O3. The molecule has 0 aliphatic heterocycles. The maximum atomic E-state index is 12.0. The van der Waals surface area contributed by atoms with E-state index >= 15 is 0 Å². The molecule has 0 aromatic heterocycles. The first-order valence-corrected chi connectivity index (χ1v) is 17.5. The Kier molecular flexibility index (Phi) is 32.4. The molecule has 0 fully saturated rings. The average molecular weight is 539 g/mol. The van der Waals surface area contributed by atoms with E-state index in [4.69, 9.17) is 9.47 Å². The number of hydrogen-bond acceptors (Lipinski definition) is 3. The molecule has 0 saturated carbocycles. The molecule has 0 spiro atoms. The van der Waals surface area contributed by atoms with Gasteiger partial charge in [0.1, 0.15) is 5.78 Å². The van der Waals surface area contributed by atoms with E-state index in [2.05, 4.69) is 20.8 Å². The summed E-state index contributed by atoms with van der Waals surface area (Å²) in [5, 5.41) is 0. The lowest BCUT2D eigenvalue weighted by Crippen LogP contribution is -2.19. The summed E-state index contributed by atoms with van der Waals surface area (Å²) in [5.74, 6) is 0.477. The molecule has 0 bridgehead atoms. The van der Waals surface area contributed by atoms with Gasteiger partial charge in [-0.3, -0.25) is 4.79 Å². The molecule has 0 rings (SSSR count). The van der Waals surface area contributed by atoms with Crippen LogP contribution in [-0.4, -0.2) is 25.3 Å². The van der Waals surface area contributed by atoms with Crippen LogP contribution in [0.15, 0.2) is 0 Å². The molecule has 0 N–H and O–H groups in total. The zero-order chi connectivity index (χ0) is 27.8. The fraction of sp³-hybridized carbons (Fsp3) is 0.971. The van der Waals surface area contributed by atoms with Gasteiger partial charge < -0.3 is 9.47 Å². The van der Waals surface area contributed by atoms with Crippen molar-refractivity contribution >= 4 is 5.78 Å². The average Bonchev–Trinajstić information content (AvgIpc) is 2.92. The third-order valence-corrected chi connectivity index (χ3v) is 7.81. The Hall–Kier alpha value is -0.410. The lowest BCUT2D eigenvalue weighted by molar-refractivity contribution is -0.148. The predicted octanol–water partition coefficient (Wildman–Crippen LogP) is 11.9. The van der Waals surface area contributed by atoms with E-state index in [0.717, 1.165) is 58.2 Å². The van der Waals surface area contributed by atoms with Crippen molar-refractivity contribution < 1.29 is 14.3 Å². The van der Waals surface area contributed by atoms with Gasteiger partial charge >= 0.3 is 0 Å². The zero-order valence-electron chi connectivity index (χ0n) is 26.5. The summed E-state index contributed by atoms with van der Waals surface area (Å²) in [6.45, 7) is 8.47. The van der Waals surface area contributed by atoms with Crippen molar-refractivity contribution in [1.82, 2.24) is 0 Å². The Morgan fingerprint density at radius 3 is 1.16 bits per heavy atom. The molecule has 0 heterocycles. The molecule has 0 aromatic rings. The van der Waals surface area contributed by atoms with Crippen LogP contribution < -0.4 is 0 Å². The van der Waals surface area contributed by atoms with Crippen molar-refractivity contribution in [3.05, 3.63) is 0 Å². The highest BCUT2D eigenvalue weighted by Crippen LogP contribution is 2.15. The van der Waals surface area contributed by atoms with Crippen LogP contribution in [0.5, 0.6) is 0 Å². The summed E-state index contributed by atoms with van der Waals surface area (Å²) < 4.78 is 12.4. The maximum Gasteiger partial charge on any atom is 0.157 e. The first-order chi connectivity index (χ1) is 18.7. The van der Waals surface area contributed by atoms with E-state index in [-0.39, 0.29) is 6.29 Å². The number of carbonyl (C=O) groups is 1. The molecule has 0 radical (unpaired) electrons. The number of ketones is 1. The molecule has 0 saturated heterocycles. The summed E-state index contributed by atoms with van der Waals surface area (Å²) in [5.41, 5.74) is 0. The highest BCUT2D eigenvalue weighted by Gasteiger charge is 2.10. The first kappa shape index (κ1) is 37.6. The quantitative estimate of drug-likeness (QED) is 0.0615. The van der Waals surface area contributed by atoms with Gasteiger partial charge in [-0.1, -0.05) is 149 Å². The number of rotatable bonds is 33. The monoisotopic (exact) mass is 539 g/mol. The summed E-state index contributed by atoms with van der Waals surface area (Å²) >= 11 is 0. The smallest absolute Gasteiger partial charge is 0.157 e. The van der Waals surface area contributed by atoms with Gasteiger partial charge in [0.25, 0.3) is 0 Å². The Morgan fingerprint density at radius 1 is 0.421 bits per heavy atom. The topological polar surface area (TPSA) is 35.5 Å². The van der Waals surface area contributed by atoms with Crippen molar-refractivity contribution in [2.75, 3.05) is 13.2 Å². The number of unbranched alkanes of at least 4 members (excludes halogenated alkanes) is 21. The van der Waals surface area contributed by atoms with E-state index in [0.29, 0.717) is 5.78 Å². The summed E-state index contributed by atoms with van der Waals surface area (Å²) in [6, 6.07) is 0. The van der Waals surface area contributed by atoms with E-state index in [1.54, 1.807) is 0 Å². The lowest BCUT2D eigenvalue weighted by Gasteiger charge is -2.19. The zero-order valence-corrected chi connectivity index (χ0v) is 26.5. The highest BCUT2D eigenvalue weighted by atomic mass is 16.7. The van der Waals surface area contributed by atoms with Crippen LogP contribution in [0.4, 0.5) is 0 Å². The fourth-order valence-corrected chi connectivity index (χ4v) is 5.15. The van der Waals surface area contributed by atoms with Crippen LogP contribution in [0.25, 0.3) is 0 Å². The molecule has 3 nitrogen and oxygen atoms in total. The molecule has 228 valence electrons. The molecule has 0 aliphatic rings. The molecular weight excluding hydrogens is 468 g/mol. The van der Waals surface area contributed by atoms with Crippen LogP contribution in [0.2, 0.25) is 0 Å². The standard InChI is InChI=1S/C35H70O3/c1-4-7-10-13-15-17-22-27-32-37-35(38-33-28-23-18-16-14-11-8-5-2)31-26-21-19-20-25-30-34(36)29-24-12-9-6-3/h35H,4-33H2,1-3H3. The minimum absolute atomic E-state index is 0.0196. The van der Waals surface area contributed by atoms with Gasteiger partial charge in [0.05, 0.1) is 0 Å². The molecule has 3 heteroatoms. The molecule has 0 aromatic carbocycles. The van der Waals surface area contributed by atoms with Crippen LogP contribution in [0, 0.1) is 0 Å². The van der Waals surface area contributed by atoms with Crippen LogP contribution >= 0.6 is 0 Å². The van der Waals surface area contributed by atoms with Crippen molar-refractivity contribution in [2.45, 2.75) is 207 Å². The van der Waals surface area contributed by atoms with E-state index in [1.165, 1.54) is 135 Å². The van der Waals surface area contributed by atoms with Gasteiger partial charge in [0.2, 0.25) is 0 Å². The number of hydrogen-bond donors (Lipinski definition) is 0. The van der Waals surface area contributed by atoms with Crippen LogP contribution in [0.1, 0.15) is 201 Å². The second kappa shape index (κ2) is 32.8. The largest absolute Gasteiger partial charge is 0.353 e. The highest BCUT2D eigenvalue weighted by molar-refractivity contribution is 5.78. The van der Waals surface area contributed by atoms with E-state index in [1.807, 2.05) is 0 Å².